The van der Waals surface area contributed by atoms with Crippen LogP contribution < -0.4 is 5.73 Å². The zero-order valence-electron chi connectivity index (χ0n) is 12.1. The molecule has 1 aliphatic heterocycles. The summed E-state index contributed by atoms with van der Waals surface area (Å²) in [4.78, 5) is 2.05. The zero-order valence-corrected chi connectivity index (χ0v) is 12.9. The van der Waals surface area contributed by atoms with E-state index in [1.165, 1.54) is 0 Å². The summed E-state index contributed by atoms with van der Waals surface area (Å²) in [5.41, 5.74) is 5.48. The minimum Gasteiger partial charge on any atom is -0.386 e. The molecule has 1 aliphatic rings. The summed E-state index contributed by atoms with van der Waals surface area (Å²) in [6.45, 7) is 8.22. The van der Waals surface area contributed by atoms with E-state index in [4.69, 9.17) is 11.1 Å². The third-order valence-corrected chi connectivity index (χ3v) is 5.52. The molecule has 0 spiro atoms. The SMILES string of the molecule is CC(C)CCS(=O)(=O)N1CCN(C(C)C(=N)N)CC1. The normalized spacial score (nSPS) is 20.6. The van der Waals surface area contributed by atoms with E-state index in [1.54, 1.807) is 4.31 Å². The van der Waals surface area contributed by atoms with Gasteiger partial charge < -0.3 is 5.73 Å². The van der Waals surface area contributed by atoms with Gasteiger partial charge in [0.05, 0.1) is 11.8 Å². The Morgan fingerprint density at radius 1 is 1.21 bits per heavy atom. The lowest BCUT2D eigenvalue weighted by molar-refractivity contribution is 0.173. The molecule has 0 aromatic carbocycles. The Bertz CT molecular complexity index is 400. The summed E-state index contributed by atoms with van der Waals surface area (Å²) in [7, 11) is -3.13. The summed E-state index contributed by atoms with van der Waals surface area (Å²) in [5, 5.41) is 7.43. The van der Waals surface area contributed by atoms with E-state index in [0.29, 0.717) is 38.5 Å². The second-order valence-electron chi connectivity index (χ2n) is 5.56. The van der Waals surface area contributed by atoms with Crippen LogP contribution in [0.2, 0.25) is 0 Å². The molecule has 1 unspecified atom stereocenters. The summed E-state index contributed by atoms with van der Waals surface area (Å²) in [5.74, 6) is 0.761. The van der Waals surface area contributed by atoms with Gasteiger partial charge in [-0.05, 0) is 19.3 Å². The molecule has 7 heteroatoms. The van der Waals surface area contributed by atoms with Crippen LogP contribution in [0.25, 0.3) is 0 Å². The maximum Gasteiger partial charge on any atom is 0.214 e. The minimum absolute atomic E-state index is 0.111. The quantitative estimate of drug-likeness (QED) is 0.544. The molecule has 0 bridgehead atoms. The molecule has 0 saturated carbocycles. The summed E-state index contributed by atoms with van der Waals surface area (Å²) >= 11 is 0. The van der Waals surface area contributed by atoms with Crippen LogP contribution in [0.5, 0.6) is 0 Å². The molecule has 112 valence electrons. The lowest BCUT2D eigenvalue weighted by Crippen LogP contribution is -2.54. The number of nitrogens with zero attached hydrogens (tertiary/aromatic N) is 2. The van der Waals surface area contributed by atoms with Crippen LogP contribution >= 0.6 is 0 Å². The van der Waals surface area contributed by atoms with Gasteiger partial charge in [0.2, 0.25) is 10.0 Å². The van der Waals surface area contributed by atoms with Crippen molar-refractivity contribution in [2.45, 2.75) is 33.2 Å². The number of piperazine rings is 1. The summed E-state index contributed by atoms with van der Waals surface area (Å²) in [6.07, 6.45) is 0.701. The molecule has 0 radical (unpaired) electrons. The van der Waals surface area contributed by atoms with Gasteiger partial charge in [-0.2, -0.15) is 4.31 Å². The average molecular weight is 290 g/mol. The average Bonchev–Trinajstić information content (AvgIpc) is 2.35. The molecule has 1 rings (SSSR count). The van der Waals surface area contributed by atoms with E-state index in [-0.39, 0.29) is 17.6 Å². The van der Waals surface area contributed by atoms with Gasteiger partial charge >= 0.3 is 0 Å². The zero-order chi connectivity index (χ0) is 14.6. The number of sulfonamides is 1. The molecular formula is C12H26N4O2S. The van der Waals surface area contributed by atoms with Crippen molar-refractivity contribution in [2.24, 2.45) is 11.7 Å². The maximum absolute atomic E-state index is 12.1. The van der Waals surface area contributed by atoms with Gasteiger partial charge in [-0.15, -0.1) is 0 Å². The molecule has 0 amide bonds. The highest BCUT2D eigenvalue weighted by molar-refractivity contribution is 7.89. The number of hydrogen-bond acceptors (Lipinski definition) is 4. The maximum atomic E-state index is 12.1. The molecular weight excluding hydrogens is 264 g/mol. The monoisotopic (exact) mass is 290 g/mol. The van der Waals surface area contributed by atoms with Gasteiger partial charge in [0.1, 0.15) is 5.84 Å². The molecule has 1 heterocycles. The van der Waals surface area contributed by atoms with Gasteiger partial charge in [0, 0.05) is 26.2 Å². The van der Waals surface area contributed by atoms with Crippen LogP contribution in [0.15, 0.2) is 0 Å². The molecule has 1 saturated heterocycles. The van der Waals surface area contributed by atoms with Crippen LogP contribution in [0.3, 0.4) is 0 Å². The fraction of sp³-hybridized carbons (Fsp3) is 0.917. The van der Waals surface area contributed by atoms with Crippen molar-refractivity contribution >= 4 is 15.9 Å². The van der Waals surface area contributed by atoms with Gasteiger partial charge in [-0.1, -0.05) is 13.8 Å². The van der Waals surface area contributed by atoms with E-state index in [9.17, 15) is 8.42 Å². The van der Waals surface area contributed by atoms with Gasteiger partial charge in [0.25, 0.3) is 0 Å². The van der Waals surface area contributed by atoms with E-state index >= 15 is 0 Å². The third-order valence-electron chi connectivity index (χ3n) is 3.62. The molecule has 1 atom stereocenters. The van der Waals surface area contributed by atoms with Crippen molar-refractivity contribution < 1.29 is 8.42 Å². The van der Waals surface area contributed by atoms with E-state index < -0.39 is 10.0 Å². The molecule has 0 aromatic rings. The van der Waals surface area contributed by atoms with Crippen molar-refractivity contribution in [3.63, 3.8) is 0 Å². The second kappa shape index (κ2) is 6.67. The van der Waals surface area contributed by atoms with Gasteiger partial charge in [0.15, 0.2) is 0 Å². The van der Waals surface area contributed by atoms with Crippen LogP contribution in [-0.2, 0) is 10.0 Å². The van der Waals surface area contributed by atoms with Crippen molar-refractivity contribution in [3.8, 4) is 0 Å². The fourth-order valence-electron chi connectivity index (χ4n) is 2.08. The highest BCUT2D eigenvalue weighted by Gasteiger charge is 2.29. The van der Waals surface area contributed by atoms with Gasteiger partial charge in [-0.25, -0.2) is 8.42 Å². The molecule has 6 nitrogen and oxygen atoms in total. The van der Waals surface area contributed by atoms with Crippen LogP contribution in [-0.4, -0.2) is 61.4 Å². The Morgan fingerprint density at radius 3 is 2.16 bits per heavy atom. The van der Waals surface area contributed by atoms with E-state index in [1.807, 2.05) is 20.8 Å². The highest BCUT2D eigenvalue weighted by Crippen LogP contribution is 2.13. The topological polar surface area (TPSA) is 90.5 Å². The number of nitrogens with one attached hydrogen (secondary N) is 1. The summed E-state index contributed by atoms with van der Waals surface area (Å²) in [6, 6.07) is -0.111. The largest absolute Gasteiger partial charge is 0.386 e. The Morgan fingerprint density at radius 2 is 1.74 bits per heavy atom. The molecule has 0 aliphatic carbocycles. The van der Waals surface area contributed by atoms with Crippen LogP contribution in [0.1, 0.15) is 27.2 Å². The Hall–Kier alpha value is -0.660. The summed E-state index contributed by atoms with van der Waals surface area (Å²) < 4.78 is 25.9. The number of rotatable bonds is 6. The third kappa shape index (κ3) is 4.74. The first-order valence-corrected chi connectivity index (χ1v) is 8.40. The highest BCUT2D eigenvalue weighted by atomic mass is 32.2. The van der Waals surface area contributed by atoms with Crippen molar-refractivity contribution in [2.75, 3.05) is 31.9 Å². The lowest BCUT2D eigenvalue weighted by Gasteiger charge is -2.37. The number of hydrogen-bond donors (Lipinski definition) is 2. The van der Waals surface area contributed by atoms with E-state index in [2.05, 4.69) is 4.90 Å². The van der Waals surface area contributed by atoms with Crippen LogP contribution in [0.4, 0.5) is 0 Å². The Labute approximate surface area is 116 Å². The molecule has 19 heavy (non-hydrogen) atoms. The van der Waals surface area contributed by atoms with Crippen molar-refractivity contribution in [1.29, 1.82) is 5.41 Å². The van der Waals surface area contributed by atoms with Crippen molar-refractivity contribution in [3.05, 3.63) is 0 Å². The van der Waals surface area contributed by atoms with Crippen LogP contribution in [0, 0.1) is 11.3 Å². The molecule has 3 N–H and O–H groups in total. The molecule has 1 fully saturated rings. The number of nitrogens with two attached hydrogens (primary N) is 1. The fourth-order valence-corrected chi connectivity index (χ4v) is 3.83. The lowest BCUT2D eigenvalue weighted by atomic mass is 10.2. The van der Waals surface area contributed by atoms with Gasteiger partial charge in [-0.3, -0.25) is 10.3 Å². The first-order valence-electron chi connectivity index (χ1n) is 6.80. The molecule has 0 aromatic heterocycles. The second-order valence-corrected chi connectivity index (χ2v) is 7.65. The first-order chi connectivity index (χ1) is 8.74. The Balaban J connectivity index is 2.51. The predicted molar refractivity (Wildman–Crippen MR) is 77.8 cm³/mol. The van der Waals surface area contributed by atoms with E-state index in [0.717, 1.165) is 0 Å². The van der Waals surface area contributed by atoms with Crippen molar-refractivity contribution in [1.82, 2.24) is 9.21 Å². The standard InChI is InChI=1S/C12H26N4O2S/c1-10(2)4-9-19(17,18)16-7-5-15(6-8-16)11(3)12(13)14/h10-11H,4-9H2,1-3H3,(H3,13,14). The minimum atomic E-state index is -3.13. The first kappa shape index (κ1) is 16.4. The Kier molecular flexibility index (Phi) is 5.76. The smallest absolute Gasteiger partial charge is 0.214 e. The predicted octanol–water partition coefficient (Wildman–Crippen LogP) is 0.304. The number of amidine groups is 1.